The van der Waals surface area contributed by atoms with Gasteiger partial charge in [-0.05, 0) is 18.9 Å². The summed E-state index contributed by atoms with van der Waals surface area (Å²) in [5.41, 5.74) is 0. The highest BCUT2D eigenvalue weighted by Crippen LogP contribution is 2.23. The van der Waals surface area contributed by atoms with E-state index in [1.165, 1.54) is 64.2 Å². The number of rotatable bonds is 12. The maximum Gasteiger partial charge on any atom is 0.308 e. The van der Waals surface area contributed by atoms with Crippen LogP contribution in [0.15, 0.2) is 0 Å². The molecule has 1 aliphatic rings. The first-order valence-electron chi connectivity index (χ1n) is 9.10. The molecule has 0 aliphatic carbocycles. The van der Waals surface area contributed by atoms with Crippen LogP contribution in [-0.4, -0.2) is 35.6 Å². The van der Waals surface area contributed by atoms with Gasteiger partial charge in [-0.15, -0.1) is 0 Å². The topological polar surface area (TPSA) is 40.5 Å². The lowest BCUT2D eigenvalue weighted by molar-refractivity contribution is -0.142. The lowest BCUT2D eigenvalue weighted by atomic mass is 9.99. The molecule has 0 bridgehead atoms. The van der Waals surface area contributed by atoms with Crippen LogP contribution in [-0.2, 0) is 4.79 Å². The molecule has 1 fully saturated rings. The fourth-order valence-electron chi connectivity index (χ4n) is 3.39. The number of carboxylic acids is 1. The van der Waals surface area contributed by atoms with E-state index in [-0.39, 0.29) is 5.92 Å². The Bertz CT molecular complexity index is 280. The van der Waals surface area contributed by atoms with Crippen molar-refractivity contribution in [1.29, 1.82) is 0 Å². The van der Waals surface area contributed by atoms with Gasteiger partial charge in [-0.25, -0.2) is 0 Å². The van der Waals surface area contributed by atoms with Crippen molar-refractivity contribution in [2.24, 2.45) is 11.8 Å². The standard InChI is InChI=1S/C18H35NO2/c1-3-4-5-6-7-8-9-10-11-12-13-19-14-16(2)17(15-19)18(20)21/h16-17H,3-15H2,1-2H3,(H,20,21). The second-order valence-corrected chi connectivity index (χ2v) is 6.86. The molecule has 0 radical (unpaired) electrons. The number of hydrogen-bond acceptors (Lipinski definition) is 2. The van der Waals surface area contributed by atoms with E-state index >= 15 is 0 Å². The maximum atomic E-state index is 11.1. The van der Waals surface area contributed by atoms with E-state index < -0.39 is 5.97 Å². The molecule has 2 unspecified atom stereocenters. The SMILES string of the molecule is CCCCCCCCCCCCN1CC(C)C(C(=O)O)C1. The zero-order valence-corrected chi connectivity index (χ0v) is 14.1. The number of nitrogens with zero attached hydrogens (tertiary/aromatic N) is 1. The van der Waals surface area contributed by atoms with Gasteiger partial charge in [0.15, 0.2) is 0 Å². The predicted molar refractivity (Wildman–Crippen MR) is 88.6 cm³/mol. The third-order valence-electron chi connectivity index (χ3n) is 4.83. The summed E-state index contributed by atoms with van der Waals surface area (Å²) in [6, 6.07) is 0. The molecular weight excluding hydrogens is 262 g/mol. The van der Waals surface area contributed by atoms with Crippen LogP contribution in [0.3, 0.4) is 0 Å². The number of unbranched alkanes of at least 4 members (excludes halogenated alkanes) is 9. The first-order valence-corrected chi connectivity index (χ1v) is 9.10. The summed E-state index contributed by atoms with van der Waals surface area (Å²) >= 11 is 0. The molecule has 3 nitrogen and oxygen atoms in total. The lowest BCUT2D eigenvalue weighted by Crippen LogP contribution is -2.24. The molecule has 0 aromatic heterocycles. The molecule has 0 amide bonds. The van der Waals surface area contributed by atoms with Crippen LogP contribution in [0.5, 0.6) is 0 Å². The van der Waals surface area contributed by atoms with Crippen LogP contribution >= 0.6 is 0 Å². The fraction of sp³-hybridized carbons (Fsp3) is 0.944. The number of aliphatic carboxylic acids is 1. The molecule has 3 heteroatoms. The van der Waals surface area contributed by atoms with Gasteiger partial charge in [0.05, 0.1) is 5.92 Å². The van der Waals surface area contributed by atoms with Gasteiger partial charge < -0.3 is 10.0 Å². The minimum absolute atomic E-state index is 0.145. The minimum atomic E-state index is -0.618. The lowest BCUT2D eigenvalue weighted by Gasteiger charge is -2.14. The van der Waals surface area contributed by atoms with Crippen LogP contribution in [0.1, 0.15) is 78.1 Å². The molecule has 1 N–H and O–H groups in total. The molecule has 0 spiro atoms. The summed E-state index contributed by atoms with van der Waals surface area (Å²) in [7, 11) is 0. The predicted octanol–water partition coefficient (Wildman–Crippen LogP) is 4.56. The van der Waals surface area contributed by atoms with Gasteiger partial charge in [0.2, 0.25) is 0 Å². The summed E-state index contributed by atoms with van der Waals surface area (Å²) in [4.78, 5) is 13.4. The van der Waals surface area contributed by atoms with E-state index in [4.69, 9.17) is 5.11 Å². The third-order valence-corrected chi connectivity index (χ3v) is 4.83. The summed E-state index contributed by atoms with van der Waals surface area (Å²) in [5.74, 6) is -0.452. The Kier molecular flexibility index (Phi) is 9.73. The Morgan fingerprint density at radius 1 is 0.952 bits per heavy atom. The van der Waals surface area contributed by atoms with Gasteiger partial charge in [-0.2, -0.15) is 0 Å². The highest BCUT2D eigenvalue weighted by atomic mass is 16.4. The van der Waals surface area contributed by atoms with Crippen LogP contribution in [0.25, 0.3) is 0 Å². The van der Waals surface area contributed by atoms with Crippen molar-refractivity contribution in [1.82, 2.24) is 4.90 Å². The Labute approximate surface area is 131 Å². The Hall–Kier alpha value is -0.570. The van der Waals surface area contributed by atoms with Crippen molar-refractivity contribution in [3.63, 3.8) is 0 Å². The summed E-state index contributed by atoms with van der Waals surface area (Å²) < 4.78 is 0. The van der Waals surface area contributed by atoms with Crippen molar-refractivity contribution in [3.8, 4) is 0 Å². The maximum absolute atomic E-state index is 11.1. The van der Waals surface area contributed by atoms with Crippen molar-refractivity contribution in [2.45, 2.75) is 78.1 Å². The molecule has 0 aromatic carbocycles. The van der Waals surface area contributed by atoms with Gasteiger partial charge in [0.1, 0.15) is 0 Å². The van der Waals surface area contributed by atoms with Gasteiger partial charge >= 0.3 is 5.97 Å². The molecule has 1 heterocycles. The van der Waals surface area contributed by atoms with Crippen molar-refractivity contribution in [3.05, 3.63) is 0 Å². The molecule has 1 rings (SSSR count). The number of carbonyl (C=O) groups is 1. The molecule has 1 saturated heterocycles. The van der Waals surface area contributed by atoms with E-state index in [2.05, 4.69) is 18.7 Å². The van der Waals surface area contributed by atoms with E-state index in [0.29, 0.717) is 5.92 Å². The second-order valence-electron chi connectivity index (χ2n) is 6.86. The number of likely N-dealkylation sites (tertiary alicyclic amines) is 1. The van der Waals surface area contributed by atoms with Gasteiger partial charge in [-0.1, -0.05) is 71.6 Å². The normalized spacial score (nSPS) is 22.8. The molecule has 124 valence electrons. The molecule has 21 heavy (non-hydrogen) atoms. The largest absolute Gasteiger partial charge is 0.481 e. The average Bonchev–Trinajstić information content (AvgIpc) is 2.82. The monoisotopic (exact) mass is 297 g/mol. The van der Waals surface area contributed by atoms with E-state index in [1.54, 1.807) is 0 Å². The van der Waals surface area contributed by atoms with E-state index in [0.717, 1.165) is 19.6 Å². The van der Waals surface area contributed by atoms with E-state index in [1.807, 2.05) is 0 Å². The molecule has 0 saturated carbocycles. The molecule has 2 atom stereocenters. The Balaban J connectivity index is 1.90. The van der Waals surface area contributed by atoms with Crippen molar-refractivity contribution < 1.29 is 9.90 Å². The van der Waals surface area contributed by atoms with Crippen LogP contribution in [0, 0.1) is 11.8 Å². The summed E-state index contributed by atoms with van der Waals surface area (Å²) in [6.45, 7) is 7.14. The average molecular weight is 297 g/mol. The van der Waals surface area contributed by atoms with Gasteiger partial charge in [-0.3, -0.25) is 4.79 Å². The zero-order chi connectivity index (χ0) is 15.5. The van der Waals surface area contributed by atoms with Crippen molar-refractivity contribution >= 4 is 5.97 Å². The first-order chi connectivity index (χ1) is 10.1. The minimum Gasteiger partial charge on any atom is -0.481 e. The van der Waals surface area contributed by atoms with Crippen LogP contribution in [0.2, 0.25) is 0 Å². The Morgan fingerprint density at radius 2 is 1.48 bits per heavy atom. The molecule has 1 aliphatic heterocycles. The zero-order valence-electron chi connectivity index (χ0n) is 14.1. The van der Waals surface area contributed by atoms with Crippen LogP contribution in [0.4, 0.5) is 0 Å². The third kappa shape index (κ3) is 7.85. The first kappa shape index (κ1) is 18.5. The van der Waals surface area contributed by atoms with Crippen LogP contribution < -0.4 is 0 Å². The van der Waals surface area contributed by atoms with E-state index in [9.17, 15) is 4.79 Å². The molecule has 0 aromatic rings. The van der Waals surface area contributed by atoms with Gasteiger partial charge in [0, 0.05) is 13.1 Å². The quantitative estimate of drug-likeness (QED) is 0.537. The molecular formula is C18H35NO2. The van der Waals surface area contributed by atoms with Crippen molar-refractivity contribution in [2.75, 3.05) is 19.6 Å². The smallest absolute Gasteiger partial charge is 0.308 e. The fourth-order valence-corrected chi connectivity index (χ4v) is 3.39. The Morgan fingerprint density at radius 3 is 1.95 bits per heavy atom. The summed E-state index contributed by atoms with van der Waals surface area (Å²) in [5, 5.41) is 9.12. The number of hydrogen-bond donors (Lipinski definition) is 1. The number of carboxylic acid groups (broad SMARTS) is 1. The summed E-state index contributed by atoms with van der Waals surface area (Å²) in [6.07, 6.45) is 13.6. The highest BCUT2D eigenvalue weighted by molar-refractivity contribution is 5.71. The highest BCUT2D eigenvalue weighted by Gasteiger charge is 2.33. The van der Waals surface area contributed by atoms with Gasteiger partial charge in [0.25, 0.3) is 0 Å². The second kappa shape index (κ2) is 11.1.